The molecule has 0 radical (unpaired) electrons. The predicted molar refractivity (Wildman–Crippen MR) is 113 cm³/mol. The molecule has 0 aliphatic rings. The Hall–Kier alpha value is -2.36. The van der Waals surface area contributed by atoms with Crippen LogP contribution in [0.1, 0.15) is 22.2 Å². The van der Waals surface area contributed by atoms with Crippen LogP contribution in [0.4, 0.5) is 0 Å². The van der Waals surface area contributed by atoms with Crippen LogP contribution in [0.15, 0.2) is 38.9 Å². The standard InChI is InChI=1S/C19H18N4O2S3/c1-12-21-15(11-27-12)16-3-2-14(28-16)6-8-20-17(24)4-5-18-22-19(23-25-18)13-7-9-26-10-13/h2-3,7,9-11H,4-6,8H2,1H3,(H,20,24). The van der Waals surface area contributed by atoms with E-state index in [2.05, 4.69) is 38.0 Å². The third-order valence-corrected chi connectivity index (χ3v) is 6.66. The fourth-order valence-corrected chi connectivity index (χ4v) is 4.92. The lowest BCUT2D eigenvalue weighted by Crippen LogP contribution is -2.25. The van der Waals surface area contributed by atoms with Gasteiger partial charge >= 0.3 is 0 Å². The van der Waals surface area contributed by atoms with E-state index in [0.29, 0.717) is 31.1 Å². The van der Waals surface area contributed by atoms with Gasteiger partial charge in [-0.2, -0.15) is 16.3 Å². The van der Waals surface area contributed by atoms with Crippen LogP contribution in [0.3, 0.4) is 0 Å². The van der Waals surface area contributed by atoms with E-state index in [4.69, 9.17) is 4.52 Å². The Bertz CT molecular complexity index is 1050. The summed E-state index contributed by atoms with van der Waals surface area (Å²) in [7, 11) is 0. The van der Waals surface area contributed by atoms with Crippen LogP contribution in [0.2, 0.25) is 0 Å². The van der Waals surface area contributed by atoms with E-state index in [1.54, 1.807) is 34.0 Å². The second kappa shape index (κ2) is 8.76. The average Bonchev–Trinajstić information content (AvgIpc) is 3.45. The Balaban J connectivity index is 1.20. The van der Waals surface area contributed by atoms with Gasteiger partial charge in [-0.1, -0.05) is 5.16 Å². The zero-order valence-corrected chi connectivity index (χ0v) is 17.6. The number of carbonyl (C=O) groups is 1. The van der Waals surface area contributed by atoms with Crippen LogP contribution >= 0.6 is 34.0 Å². The molecule has 4 rings (SSSR count). The first-order valence-corrected chi connectivity index (χ1v) is 11.4. The highest BCUT2D eigenvalue weighted by Gasteiger charge is 2.11. The van der Waals surface area contributed by atoms with Crippen molar-refractivity contribution in [1.82, 2.24) is 20.4 Å². The molecule has 4 aromatic heterocycles. The van der Waals surface area contributed by atoms with E-state index in [0.717, 1.165) is 22.7 Å². The second-order valence-electron chi connectivity index (χ2n) is 6.14. The molecule has 0 aromatic carbocycles. The summed E-state index contributed by atoms with van der Waals surface area (Å²) < 4.78 is 5.22. The molecule has 0 fully saturated rings. The maximum atomic E-state index is 12.1. The van der Waals surface area contributed by atoms with E-state index in [1.807, 2.05) is 23.8 Å². The zero-order chi connectivity index (χ0) is 19.3. The molecule has 0 unspecified atom stereocenters. The molecule has 0 bridgehead atoms. The normalized spacial score (nSPS) is 11.0. The topological polar surface area (TPSA) is 80.9 Å². The van der Waals surface area contributed by atoms with Crippen LogP contribution in [0.25, 0.3) is 22.0 Å². The van der Waals surface area contributed by atoms with Gasteiger partial charge in [-0.3, -0.25) is 4.79 Å². The smallest absolute Gasteiger partial charge is 0.227 e. The van der Waals surface area contributed by atoms with Crippen molar-refractivity contribution in [2.45, 2.75) is 26.2 Å². The lowest BCUT2D eigenvalue weighted by atomic mass is 10.2. The summed E-state index contributed by atoms with van der Waals surface area (Å²) in [6.07, 6.45) is 1.58. The summed E-state index contributed by atoms with van der Waals surface area (Å²) in [4.78, 5) is 23.3. The highest BCUT2D eigenvalue weighted by Crippen LogP contribution is 2.29. The minimum Gasteiger partial charge on any atom is -0.356 e. The first-order valence-electron chi connectivity index (χ1n) is 8.80. The van der Waals surface area contributed by atoms with Gasteiger partial charge in [-0.25, -0.2) is 4.98 Å². The first kappa shape index (κ1) is 19.0. The molecular weight excluding hydrogens is 412 g/mol. The molecule has 144 valence electrons. The molecule has 1 amide bonds. The fraction of sp³-hybridized carbons (Fsp3) is 0.263. The van der Waals surface area contributed by atoms with Gasteiger partial charge in [0.2, 0.25) is 17.6 Å². The molecule has 9 heteroatoms. The van der Waals surface area contributed by atoms with Gasteiger partial charge in [-0.15, -0.1) is 22.7 Å². The molecular formula is C19H18N4O2S3. The predicted octanol–water partition coefficient (Wildman–Crippen LogP) is 4.58. The van der Waals surface area contributed by atoms with Crippen LogP contribution in [-0.4, -0.2) is 27.6 Å². The average molecular weight is 431 g/mol. The number of nitrogens with zero attached hydrogens (tertiary/aromatic N) is 3. The number of hydrogen-bond acceptors (Lipinski definition) is 8. The van der Waals surface area contributed by atoms with Crippen LogP contribution in [0.5, 0.6) is 0 Å². The third-order valence-electron chi connectivity index (χ3n) is 4.04. The van der Waals surface area contributed by atoms with Gasteiger partial charge in [0.25, 0.3) is 0 Å². The number of hydrogen-bond donors (Lipinski definition) is 1. The van der Waals surface area contributed by atoms with E-state index < -0.39 is 0 Å². The summed E-state index contributed by atoms with van der Waals surface area (Å²) in [6.45, 7) is 2.62. The number of carbonyl (C=O) groups excluding carboxylic acids is 1. The Kier molecular flexibility index (Phi) is 5.94. The van der Waals surface area contributed by atoms with Gasteiger partial charge < -0.3 is 9.84 Å². The van der Waals surface area contributed by atoms with Gasteiger partial charge in [0.05, 0.1) is 15.6 Å². The maximum Gasteiger partial charge on any atom is 0.227 e. The van der Waals surface area contributed by atoms with Crippen LogP contribution in [-0.2, 0) is 17.6 Å². The SMILES string of the molecule is Cc1nc(-c2ccc(CCNC(=O)CCc3nc(-c4ccsc4)no3)s2)cs1. The van der Waals surface area contributed by atoms with E-state index >= 15 is 0 Å². The molecule has 4 aromatic rings. The minimum atomic E-state index is -0.0119. The Morgan fingerprint density at radius 2 is 2.11 bits per heavy atom. The van der Waals surface area contributed by atoms with Gasteiger partial charge in [0.1, 0.15) is 0 Å². The van der Waals surface area contributed by atoms with E-state index in [-0.39, 0.29) is 5.91 Å². The highest BCUT2D eigenvalue weighted by molar-refractivity contribution is 7.16. The molecule has 0 atom stereocenters. The van der Waals surface area contributed by atoms with Crippen molar-refractivity contribution in [3.63, 3.8) is 0 Å². The number of thiophene rings is 2. The van der Waals surface area contributed by atoms with E-state index in [1.165, 1.54) is 9.75 Å². The molecule has 0 aliphatic heterocycles. The Labute approximate surface area is 174 Å². The monoisotopic (exact) mass is 430 g/mol. The van der Waals surface area contributed by atoms with Crippen molar-refractivity contribution in [3.05, 3.63) is 50.1 Å². The summed E-state index contributed by atoms with van der Waals surface area (Å²) in [5.74, 6) is 1.04. The number of aryl methyl sites for hydroxylation is 2. The summed E-state index contributed by atoms with van der Waals surface area (Å²) >= 11 is 4.96. The molecule has 0 saturated heterocycles. The molecule has 1 N–H and O–H groups in total. The lowest BCUT2D eigenvalue weighted by Gasteiger charge is -2.02. The largest absolute Gasteiger partial charge is 0.356 e. The van der Waals surface area contributed by atoms with E-state index in [9.17, 15) is 4.79 Å². The Morgan fingerprint density at radius 3 is 2.89 bits per heavy atom. The fourth-order valence-electron chi connectivity index (χ4n) is 2.63. The summed E-state index contributed by atoms with van der Waals surface area (Å²) in [6, 6.07) is 6.14. The second-order valence-corrected chi connectivity index (χ2v) is 9.15. The summed E-state index contributed by atoms with van der Waals surface area (Å²) in [5.41, 5.74) is 1.97. The number of amides is 1. The van der Waals surface area contributed by atoms with Gasteiger partial charge in [0, 0.05) is 40.6 Å². The number of nitrogens with one attached hydrogen (secondary N) is 1. The quantitative estimate of drug-likeness (QED) is 0.442. The van der Waals surface area contributed by atoms with Crippen molar-refractivity contribution < 1.29 is 9.32 Å². The van der Waals surface area contributed by atoms with Crippen LogP contribution in [0, 0.1) is 6.92 Å². The molecule has 0 aliphatic carbocycles. The van der Waals surface area contributed by atoms with Crippen molar-refractivity contribution in [2.24, 2.45) is 0 Å². The number of thiazole rings is 1. The highest BCUT2D eigenvalue weighted by atomic mass is 32.1. The zero-order valence-electron chi connectivity index (χ0n) is 15.2. The van der Waals surface area contributed by atoms with Crippen molar-refractivity contribution >= 4 is 39.9 Å². The molecule has 0 spiro atoms. The van der Waals surface area contributed by atoms with Crippen molar-refractivity contribution in [2.75, 3.05) is 6.54 Å². The molecule has 28 heavy (non-hydrogen) atoms. The Morgan fingerprint density at radius 1 is 1.18 bits per heavy atom. The van der Waals surface area contributed by atoms with Gasteiger partial charge in [0.15, 0.2) is 0 Å². The minimum absolute atomic E-state index is 0.0119. The van der Waals surface area contributed by atoms with Crippen LogP contribution < -0.4 is 5.32 Å². The maximum absolute atomic E-state index is 12.1. The van der Waals surface area contributed by atoms with Crippen molar-refractivity contribution in [3.8, 4) is 22.0 Å². The van der Waals surface area contributed by atoms with Gasteiger partial charge in [-0.05, 0) is 36.9 Å². The third kappa shape index (κ3) is 4.73. The number of aromatic nitrogens is 3. The molecule has 4 heterocycles. The first-order chi connectivity index (χ1) is 13.7. The van der Waals surface area contributed by atoms with Crippen molar-refractivity contribution in [1.29, 1.82) is 0 Å². The molecule has 6 nitrogen and oxygen atoms in total. The molecule has 0 saturated carbocycles. The lowest BCUT2D eigenvalue weighted by molar-refractivity contribution is -0.121. The summed E-state index contributed by atoms with van der Waals surface area (Å²) in [5, 5.41) is 14.0. The number of rotatable bonds is 8.